The van der Waals surface area contributed by atoms with Gasteiger partial charge in [0.25, 0.3) is 0 Å². The van der Waals surface area contributed by atoms with Crippen molar-refractivity contribution in [2.75, 3.05) is 7.05 Å². The molecule has 2 saturated heterocycles. The van der Waals surface area contributed by atoms with Crippen LogP contribution in [0.25, 0.3) is 0 Å². The van der Waals surface area contributed by atoms with Gasteiger partial charge in [0.2, 0.25) is 0 Å². The van der Waals surface area contributed by atoms with Crippen molar-refractivity contribution in [2.24, 2.45) is 0 Å². The van der Waals surface area contributed by atoms with Gasteiger partial charge in [-0.2, -0.15) is 0 Å². The van der Waals surface area contributed by atoms with Crippen LogP contribution >= 0.6 is 0 Å². The van der Waals surface area contributed by atoms with E-state index in [0.29, 0.717) is 5.92 Å². The van der Waals surface area contributed by atoms with Gasteiger partial charge in [0.15, 0.2) is 0 Å². The molecule has 1 aromatic heterocycles. The lowest BCUT2D eigenvalue weighted by atomic mass is 9.74. The van der Waals surface area contributed by atoms with Crippen molar-refractivity contribution in [3.8, 4) is 0 Å². The molecular formula is C22H31N3O2. The fourth-order valence-electron chi connectivity index (χ4n) is 5.26. The van der Waals surface area contributed by atoms with Crippen molar-refractivity contribution in [3.05, 3.63) is 54.1 Å². The van der Waals surface area contributed by atoms with Gasteiger partial charge in [-0.25, -0.2) is 4.98 Å². The van der Waals surface area contributed by atoms with E-state index in [2.05, 4.69) is 66.1 Å². The summed E-state index contributed by atoms with van der Waals surface area (Å²) in [6.45, 7) is 5.08. The highest BCUT2D eigenvalue weighted by molar-refractivity contribution is 5.23. The highest BCUT2D eigenvalue weighted by Gasteiger charge is 2.53. The molecule has 0 unspecified atom stereocenters. The second kappa shape index (κ2) is 7.04. The van der Waals surface area contributed by atoms with E-state index in [1.54, 1.807) is 6.33 Å². The Kier molecular flexibility index (Phi) is 4.87. The van der Waals surface area contributed by atoms with Crippen molar-refractivity contribution in [2.45, 2.75) is 75.3 Å². The number of fused-ring (bicyclic) bond motifs is 2. The number of likely N-dealkylation sites (N-methyl/N-ethyl adjacent to an activating group) is 1. The summed E-state index contributed by atoms with van der Waals surface area (Å²) in [6, 6.07) is 10.8. The number of aliphatic hydroxyl groups is 1. The number of imidazole rings is 1. The first-order valence-electron chi connectivity index (χ1n) is 9.99. The monoisotopic (exact) mass is 369 g/mol. The van der Waals surface area contributed by atoms with Gasteiger partial charge in [0.1, 0.15) is 0 Å². The second-order valence-corrected chi connectivity index (χ2v) is 8.92. The van der Waals surface area contributed by atoms with Gasteiger partial charge in [-0.3, -0.25) is 4.90 Å². The van der Waals surface area contributed by atoms with Crippen LogP contribution in [0.2, 0.25) is 0 Å². The van der Waals surface area contributed by atoms with Gasteiger partial charge in [0.05, 0.1) is 23.6 Å². The maximum absolute atomic E-state index is 11.4. The Morgan fingerprint density at radius 1 is 1.26 bits per heavy atom. The number of hydrogen-bond acceptors (Lipinski definition) is 4. The minimum Gasteiger partial charge on any atom is -0.388 e. The van der Waals surface area contributed by atoms with Crippen molar-refractivity contribution in [1.82, 2.24) is 14.9 Å². The average Bonchev–Trinajstić information content (AvgIpc) is 3.12. The largest absolute Gasteiger partial charge is 0.388 e. The molecule has 0 radical (unpaired) electrons. The number of aromatic nitrogens is 2. The number of nitrogens with zero attached hydrogens (tertiary/aromatic N) is 2. The summed E-state index contributed by atoms with van der Waals surface area (Å²) in [5.41, 5.74) is 1.68. The summed E-state index contributed by atoms with van der Waals surface area (Å²) in [5, 5.41) is 11.4. The van der Waals surface area contributed by atoms with E-state index >= 15 is 0 Å². The molecule has 1 aromatic carbocycles. The third kappa shape index (κ3) is 3.68. The van der Waals surface area contributed by atoms with E-state index in [0.717, 1.165) is 37.9 Å². The summed E-state index contributed by atoms with van der Waals surface area (Å²) < 4.78 is 6.61. The topological polar surface area (TPSA) is 61.4 Å². The fourth-order valence-corrected chi connectivity index (χ4v) is 5.26. The first-order chi connectivity index (χ1) is 12.9. The molecule has 2 bridgehead atoms. The van der Waals surface area contributed by atoms with Crippen LogP contribution in [0.1, 0.15) is 56.7 Å². The van der Waals surface area contributed by atoms with Crippen LogP contribution < -0.4 is 0 Å². The molecule has 5 nitrogen and oxygen atoms in total. The predicted octanol–water partition coefficient (Wildman–Crippen LogP) is 3.48. The zero-order valence-electron chi connectivity index (χ0n) is 16.6. The standard InChI is InChI=1S/C22H31N3O2/c1-21-10-9-19(25(3)14-18-13-23-15-24-18)20(26)22(2,27-21)12-17(11-21)16-7-5-4-6-8-16/h4-8,13,15,17,19-20,26H,9-12,14H2,1-3H3,(H,23,24)/t17-,19+,20-,21-,22-/m0/s1. The Labute approximate surface area is 161 Å². The third-order valence-electron chi connectivity index (χ3n) is 6.58. The Hall–Kier alpha value is -1.69. The molecule has 2 N–H and O–H groups in total. The number of ether oxygens (including phenoxy) is 1. The van der Waals surface area contributed by atoms with Crippen molar-refractivity contribution < 1.29 is 9.84 Å². The number of aliphatic hydroxyl groups excluding tert-OH is 1. The SMILES string of the molecule is CN(Cc1cnc[nH]1)[C@@H]1CC[C@@]2(C)C[C@H](c3ccccc3)C[C@](C)(O2)[C@H]1O. The fraction of sp³-hybridized carbons (Fsp3) is 0.591. The minimum absolute atomic E-state index is 0.0645. The normalized spacial score (nSPS) is 36.6. The van der Waals surface area contributed by atoms with E-state index < -0.39 is 11.7 Å². The number of H-pyrrole nitrogens is 1. The quantitative estimate of drug-likeness (QED) is 0.866. The number of benzene rings is 1. The van der Waals surface area contributed by atoms with Crippen LogP contribution in [0.3, 0.4) is 0 Å². The molecule has 146 valence electrons. The highest BCUT2D eigenvalue weighted by atomic mass is 16.5. The smallest absolute Gasteiger partial charge is 0.0982 e. The Bertz CT molecular complexity index is 750. The molecule has 2 aromatic rings. The van der Waals surface area contributed by atoms with Crippen LogP contribution in [-0.4, -0.2) is 50.4 Å². The van der Waals surface area contributed by atoms with Gasteiger partial charge in [-0.1, -0.05) is 30.3 Å². The van der Waals surface area contributed by atoms with E-state index in [1.165, 1.54) is 5.56 Å². The molecule has 0 saturated carbocycles. The molecule has 5 atom stereocenters. The van der Waals surface area contributed by atoms with Crippen LogP contribution in [0.4, 0.5) is 0 Å². The first-order valence-corrected chi connectivity index (χ1v) is 9.99. The van der Waals surface area contributed by atoms with Gasteiger partial charge in [-0.15, -0.1) is 0 Å². The number of nitrogens with one attached hydrogen (secondary N) is 1. The van der Waals surface area contributed by atoms with Crippen LogP contribution in [0, 0.1) is 0 Å². The lowest BCUT2D eigenvalue weighted by Gasteiger charge is -2.49. The summed E-state index contributed by atoms with van der Waals surface area (Å²) in [5.74, 6) is 0.418. The van der Waals surface area contributed by atoms with E-state index in [9.17, 15) is 5.11 Å². The molecule has 2 aliphatic heterocycles. The van der Waals surface area contributed by atoms with Crippen molar-refractivity contribution >= 4 is 0 Å². The number of rotatable bonds is 4. The number of aromatic amines is 1. The Balaban J connectivity index is 1.59. The molecule has 2 fully saturated rings. The van der Waals surface area contributed by atoms with Crippen LogP contribution in [-0.2, 0) is 11.3 Å². The highest BCUT2D eigenvalue weighted by Crippen LogP contribution is 2.50. The van der Waals surface area contributed by atoms with Gasteiger partial charge < -0.3 is 14.8 Å². The molecule has 0 spiro atoms. The molecule has 27 heavy (non-hydrogen) atoms. The maximum atomic E-state index is 11.4. The molecule has 2 aliphatic rings. The second-order valence-electron chi connectivity index (χ2n) is 8.92. The van der Waals surface area contributed by atoms with Gasteiger partial charge >= 0.3 is 0 Å². The Morgan fingerprint density at radius 3 is 2.74 bits per heavy atom. The van der Waals surface area contributed by atoms with Crippen LogP contribution in [0.5, 0.6) is 0 Å². The zero-order valence-corrected chi connectivity index (χ0v) is 16.6. The predicted molar refractivity (Wildman–Crippen MR) is 105 cm³/mol. The molecule has 0 amide bonds. The molecule has 4 rings (SSSR count). The summed E-state index contributed by atoms with van der Waals surface area (Å²) in [7, 11) is 2.09. The number of hydrogen-bond donors (Lipinski definition) is 2. The van der Waals surface area contributed by atoms with E-state index in [-0.39, 0.29) is 11.6 Å². The van der Waals surface area contributed by atoms with Crippen molar-refractivity contribution in [3.63, 3.8) is 0 Å². The third-order valence-corrected chi connectivity index (χ3v) is 6.58. The lowest BCUT2D eigenvalue weighted by Crippen LogP contribution is -2.56. The van der Waals surface area contributed by atoms with Gasteiger partial charge in [0, 0.05) is 24.5 Å². The van der Waals surface area contributed by atoms with Crippen LogP contribution in [0.15, 0.2) is 42.9 Å². The molecule has 5 heteroatoms. The molecule has 0 aliphatic carbocycles. The molecular weight excluding hydrogens is 338 g/mol. The maximum Gasteiger partial charge on any atom is 0.0982 e. The summed E-state index contributed by atoms with van der Waals surface area (Å²) in [6.07, 6.45) is 6.77. The molecule has 3 heterocycles. The average molecular weight is 370 g/mol. The Morgan fingerprint density at radius 2 is 2.04 bits per heavy atom. The first kappa shape index (κ1) is 18.7. The van der Waals surface area contributed by atoms with E-state index in [4.69, 9.17) is 4.74 Å². The van der Waals surface area contributed by atoms with E-state index in [1.807, 2.05) is 6.20 Å². The minimum atomic E-state index is -0.545. The lowest BCUT2D eigenvalue weighted by molar-refractivity contribution is -0.216. The zero-order chi connectivity index (χ0) is 19.1. The van der Waals surface area contributed by atoms with Gasteiger partial charge in [-0.05, 0) is 58.1 Å². The summed E-state index contributed by atoms with van der Waals surface area (Å²) in [4.78, 5) is 9.52. The summed E-state index contributed by atoms with van der Waals surface area (Å²) >= 11 is 0. The van der Waals surface area contributed by atoms with Crippen molar-refractivity contribution in [1.29, 1.82) is 0 Å².